The quantitative estimate of drug-likeness (QED) is 0.388. The van der Waals surface area contributed by atoms with Crippen LogP contribution >= 0.6 is 0 Å². The fraction of sp³-hybridized carbons (Fsp3) is 0.583. The van der Waals surface area contributed by atoms with Gasteiger partial charge in [-0.25, -0.2) is 0 Å². The summed E-state index contributed by atoms with van der Waals surface area (Å²) >= 11 is 0.164. The van der Waals surface area contributed by atoms with Crippen molar-refractivity contribution in [1.29, 1.82) is 0 Å². The third kappa shape index (κ3) is 3.95. The Morgan fingerprint density at radius 2 is 2.07 bits per heavy atom. The van der Waals surface area contributed by atoms with Crippen LogP contribution in [-0.2, 0) is 0 Å². The van der Waals surface area contributed by atoms with Gasteiger partial charge in [-0.05, 0) is 0 Å². The first-order valence-electron chi connectivity index (χ1n) is 5.07. The average Bonchev–Trinajstić information content (AvgIpc) is 2.06. The maximum atomic E-state index is 4.28. The van der Waals surface area contributed by atoms with Crippen molar-refractivity contribution in [3.63, 3.8) is 0 Å². The molecule has 0 aromatic rings. The van der Waals surface area contributed by atoms with Gasteiger partial charge in [0.15, 0.2) is 0 Å². The van der Waals surface area contributed by atoms with Crippen LogP contribution < -0.4 is 21.2 Å². The molecule has 2 heteroatoms. The average molecular weight is 304 g/mol. The van der Waals surface area contributed by atoms with E-state index in [0.29, 0.717) is 9.34 Å². The van der Waals surface area contributed by atoms with E-state index in [1.54, 1.807) is 0 Å². The van der Waals surface area contributed by atoms with Crippen molar-refractivity contribution in [2.45, 2.75) is 35.0 Å². The van der Waals surface area contributed by atoms with E-state index in [4.69, 9.17) is 0 Å². The van der Waals surface area contributed by atoms with Gasteiger partial charge >= 0.3 is 97.8 Å². The summed E-state index contributed by atoms with van der Waals surface area (Å²) in [5.74, 6) is 0.468. The molecule has 0 aliphatic carbocycles. The number of nitrogens with zero attached hydrogens (tertiary/aromatic N) is 1. The van der Waals surface area contributed by atoms with Crippen LogP contribution in [0.3, 0.4) is 0 Å². The maximum absolute atomic E-state index is 4.28. The van der Waals surface area contributed by atoms with Crippen molar-refractivity contribution in [3.05, 3.63) is 24.4 Å². The molecule has 0 saturated heterocycles. The predicted octanol–water partition coefficient (Wildman–Crippen LogP) is 0.0329. The molecule has 1 nitrogen and oxygen atoms in total. The van der Waals surface area contributed by atoms with Crippen LogP contribution in [0.2, 0.25) is 0 Å². The summed E-state index contributed by atoms with van der Waals surface area (Å²) in [5, 5.41) is 0. The van der Waals surface area contributed by atoms with Gasteiger partial charge in [0.05, 0.1) is 0 Å². The molecular weight excluding hydrogens is 285 g/mol. The number of aliphatic imine (C=N–C) groups is 1. The Kier molecular flexibility index (Phi) is 4.35. The number of halogens is 1. The number of hydrogen-bond acceptors (Lipinski definition) is 1. The van der Waals surface area contributed by atoms with Crippen molar-refractivity contribution < 1.29 is 21.2 Å². The number of hydrogen-bond donors (Lipinski definition) is 0. The Balaban J connectivity index is 2.81. The molecule has 1 heterocycles. The van der Waals surface area contributed by atoms with Crippen LogP contribution in [0, 0.1) is 5.92 Å². The van der Waals surface area contributed by atoms with Crippen molar-refractivity contribution in [2.24, 2.45) is 10.9 Å². The minimum absolute atomic E-state index is 0.164. The van der Waals surface area contributed by atoms with E-state index in [1.165, 1.54) is 0 Å². The van der Waals surface area contributed by atoms with Gasteiger partial charge in [-0.1, -0.05) is 0 Å². The topological polar surface area (TPSA) is 12.4 Å². The summed E-state index contributed by atoms with van der Waals surface area (Å²) in [6.45, 7) is 9.12. The Bertz CT molecular complexity index is 265. The number of rotatable bonds is 2. The summed E-state index contributed by atoms with van der Waals surface area (Å²) < 4.78 is 1.12. The summed E-state index contributed by atoms with van der Waals surface area (Å²) in [5.41, 5.74) is 0. The molecule has 0 fully saturated rings. The van der Waals surface area contributed by atoms with Gasteiger partial charge in [0, 0.05) is 0 Å². The minimum atomic E-state index is 0.164. The SMILES string of the molecule is CC1C=N/C=C\C(C)([I-]C(C)C)/C=C\1. The monoisotopic (exact) mass is 304 g/mol. The number of allylic oxidation sites excluding steroid dienone is 3. The summed E-state index contributed by atoms with van der Waals surface area (Å²) in [6.07, 6.45) is 10.8. The molecule has 0 amide bonds. The van der Waals surface area contributed by atoms with E-state index in [1.807, 2.05) is 12.4 Å². The molecule has 0 N–H and O–H groups in total. The first kappa shape index (κ1) is 12.0. The Morgan fingerprint density at radius 1 is 1.36 bits per heavy atom. The first-order chi connectivity index (χ1) is 6.52. The molecular formula is C12H19IN-. The van der Waals surface area contributed by atoms with Crippen LogP contribution in [0.15, 0.2) is 29.4 Å². The normalized spacial score (nSPS) is 36.8. The van der Waals surface area contributed by atoms with Crippen LogP contribution in [0.1, 0.15) is 27.7 Å². The second-order valence-electron chi connectivity index (χ2n) is 4.11. The third-order valence-corrected chi connectivity index (χ3v) is 5.29. The Labute approximate surface area is 97.6 Å². The first-order valence-corrected chi connectivity index (χ1v) is 7.39. The third-order valence-electron chi connectivity index (χ3n) is 1.99. The van der Waals surface area contributed by atoms with Crippen molar-refractivity contribution in [3.8, 4) is 0 Å². The van der Waals surface area contributed by atoms with Gasteiger partial charge in [-0.2, -0.15) is 0 Å². The van der Waals surface area contributed by atoms with E-state index in [-0.39, 0.29) is 21.2 Å². The van der Waals surface area contributed by atoms with Crippen LogP contribution in [0.4, 0.5) is 0 Å². The Morgan fingerprint density at radius 3 is 2.71 bits per heavy atom. The van der Waals surface area contributed by atoms with Gasteiger partial charge < -0.3 is 0 Å². The van der Waals surface area contributed by atoms with Gasteiger partial charge in [-0.3, -0.25) is 0 Å². The van der Waals surface area contributed by atoms with Gasteiger partial charge in [-0.15, -0.1) is 0 Å². The number of alkyl halides is 2. The van der Waals surface area contributed by atoms with E-state index >= 15 is 0 Å². The molecule has 0 aromatic heterocycles. The summed E-state index contributed by atoms with van der Waals surface area (Å²) in [6, 6.07) is 0. The molecule has 0 saturated carbocycles. The van der Waals surface area contributed by atoms with E-state index < -0.39 is 0 Å². The van der Waals surface area contributed by atoms with Crippen molar-refractivity contribution in [1.82, 2.24) is 0 Å². The van der Waals surface area contributed by atoms with E-state index in [9.17, 15) is 0 Å². The zero-order chi connectivity index (χ0) is 10.6. The predicted molar refractivity (Wildman–Crippen MR) is 59.5 cm³/mol. The van der Waals surface area contributed by atoms with Crippen LogP contribution in [0.5, 0.6) is 0 Å². The molecule has 1 aliphatic rings. The van der Waals surface area contributed by atoms with Gasteiger partial charge in [0.2, 0.25) is 0 Å². The zero-order valence-electron chi connectivity index (χ0n) is 9.37. The van der Waals surface area contributed by atoms with Crippen molar-refractivity contribution >= 4 is 6.21 Å². The molecule has 0 aromatic carbocycles. The molecule has 14 heavy (non-hydrogen) atoms. The summed E-state index contributed by atoms with van der Waals surface area (Å²) in [4.78, 5) is 4.28. The zero-order valence-corrected chi connectivity index (χ0v) is 11.5. The molecule has 2 unspecified atom stereocenters. The van der Waals surface area contributed by atoms with Crippen LogP contribution in [-0.4, -0.2) is 13.6 Å². The van der Waals surface area contributed by atoms with E-state index in [0.717, 1.165) is 3.92 Å². The van der Waals surface area contributed by atoms with Crippen molar-refractivity contribution in [2.75, 3.05) is 0 Å². The van der Waals surface area contributed by atoms with Crippen LogP contribution in [0.25, 0.3) is 0 Å². The van der Waals surface area contributed by atoms with Gasteiger partial charge in [0.1, 0.15) is 0 Å². The molecule has 0 radical (unpaired) electrons. The standard InChI is InChI=1S/C12H19IN/c1-10(2)13-12(4)6-5-11(3)9-14-8-7-12/h5-11H,1-4H3/q-1/b6-5-,8-7-,14-9?. The molecule has 0 spiro atoms. The molecule has 2 atom stereocenters. The Hall–Kier alpha value is -0.120. The second-order valence-corrected chi connectivity index (χ2v) is 9.54. The summed E-state index contributed by atoms with van der Waals surface area (Å²) in [7, 11) is 0. The molecule has 1 aliphatic heterocycles. The fourth-order valence-electron chi connectivity index (χ4n) is 1.36. The van der Waals surface area contributed by atoms with Gasteiger partial charge in [0.25, 0.3) is 0 Å². The second kappa shape index (κ2) is 5.10. The molecule has 0 bridgehead atoms. The van der Waals surface area contributed by atoms with E-state index in [2.05, 4.69) is 50.9 Å². The molecule has 80 valence electrons. The fourth-order valence-corrected chi connectivity index (χ4v) is 4.83. The molecule has 1 rings (SSSR count).